The molecule has 8 N–H and O–H groups in total. The number of rotatable bonds is 12. The highest BCUT2D eigenvalue weighted by atomic mass is 16.2. The van der Waals surface area contributed by atoms with Gasteiger partial charge in [-0.3, -0.25) is 19.2 Å². The molecule has 4 amide bonds. The van der Waals surface area contributed by atoms with Gasteiger partial charge in [-0.05, 0) is 31.6 Å². The second-order valence-corrected chi connectivity index (χ2v) is 7.51. The number of nitrogens with two attached hydrogens (primary N) is 2. The minimum absolute atomic E-state index is 0.171. The molecule has 0 aromatic rings. The third kappa shape index (κ3) is 7.09. The maximum atomic E-state index is 12.7. The average molecular weight is 396 g/mol. The van der Waals surface area contributed by atoms with Gasteiger partial charge in [0.1, 0.15) is 17.6 Å². The number of carbonyl (C=O) groups is 4. The Hall–Kier alpha value is -2.78. The van der Waals surface area contributed by atoms with Gasteiger partial charge in [0, 0.05) is 13.5 Å². The Morgan fingerprint density at radius 1 is 1.07 bits per heavy atom. The molecular weight excluding hydrogens is 364 g/mol. The van der Waals surface area contributed by atoms with Gasteiger partial charge in [0.05, 0.1) is 5.82 Å². The van der Waals surface area contributed by atoms with E-state index in [4.69, 9.17) is 11.5 Å². The van der Waals surface area contributed by atoms with Crippen LogP contribution in [0.4, 0.5) is 0 Å². The largest absolute Gasteiger partial charge is 0.386 e. The number of hydrogen-bond acceptors (Lipinski definition) is 6. The maximum Gasteiger partial charge on any atom is 0.243 e. The molecule has 0 spiro atoms. The van der Waals surface area contributed by atoms with E-state index < -0.39 is 35.3 Å². The third-order valence-electron chi connectivity index (χ3n) is 4.55. The Bertz CT molecular complexity index is 630. The standard InChI is InChI=1S/C18H32N6O4/c1-10(2)14(22-12(4)25)16(27)23-13(6-5-9-21-11(3)19)15(26)24-18(7-8-18)17(20)28/h10,13-14,21H,3,5-9,19H2,1-2,4H3,(H2,20,28)(H,22,25)(H,23,27)(H,24,26)/t13-,14-/m0/s1. The molecule has 1 rings (SSSR count). The first-order valence-corrected chi connectivity index (χ1v) is 9.36. The second kappa shape index (κ2) is 9.95. The highest BCUT2D eigenvalue weighted by Crippen LogP contribution is 2.34. The third-order valence-corrected chi connectivity index (χ3v) is 4.55. The van der Waals surface area contributed by atoms with Crippen molar-refractivity contribution in [2.45, 2.75) is 64.1 Å². The molecule has 2 atom stereocenters. The van der Waals surface area contributed by atoms with Crippen LogP contribution in [0.5, 0.6) is 0 Å². The lowest BCUT2D eigenvalue weighted by Crippen LogP contribution is -2.58. The van der Waals surface area contributed by atoms with Crippen LogP contribution in [0.3, 0.4) is 0 Å². The Morgan fingerprint density at radius 3 is 2.11 bits per heavy atom. The lowest BCUT2D eigenvalue weighted by Gasteiger charge is -2.26. The van der Waals surface area contributed by atoms with Crippen molar-refractivity contribution in [1.82, 2.24) is 21.3 Å². The molecule has 1 aliphatic rings. The van der Waals surface area contributed by atoms with E-state index in [1.165, 1.54) is 6.92 Å². The quantitative estimate of drug-likeness (QED) is 0.221. The van der Waals surface area contributed by atoms with Crippen molar-refractivity contribution < 1.29 is 19.2 Å². The van der Waals surface area contributed by atoms with E-state index in [1.807, 2.05) is 0 Å². The summed E-state index contributed by atoms with van der Waals surface area (Å²) in [5, 5.41) is 10.8. The molecule has 0 unspecified atom stereocenters. The van der Waals surface area contributed by atoms with Crippen molar-refractivity contribution in [2.24, 2.45) is 17.4 Å². The molecule has 0 aromatic heterocycles. The zero-order chi connectivity index (χ0) is 21.5. The first-order valence-electron chi connectivity index (χ1n) is 9.36. The lowest BCUT2D eigenvalue weighted by molar-refractivity contribution is -0.134. The highest BCUT2D eigenvalue weighted by molar-refractivity contribution is 5.96. The van der Waals surface area contributed by atoms with E-state index in [-0.39, 0.29) is 11.8 Å². The smallest absolute Gasteiger partial charge is 0.243 e. The van der Waals surface area contributed by atoms with Crippen LogP contribution in [0, 0.1) is 5.92 Å². The molecule has 0 radical (unpaired) electrons. The molecule has 1 saturated carbocycles. The van der Waals surface area contributed by atoms with Gasteiger partial charge in [-0.15, -0.1) is 0 Å². The number of primary amides is 1. The number of nitrogens with one attached hydrogen (secondary N) is 4. The van der Waals surface area contributed by atoms with Crippen LogP contribution in [0.25, 0.3) is 0 Å². The summed E-state index contributed by atoms with van der Waals surface area (Å²) < 4.78 is 0. The summed E-state index contributed by atoms with van der Waals surface area (Å²) in [6.45, 7) is 8.90. The average Bonchev–Trinajstić information content (AvgIpc) is 3.35. The first kappa shape index (κ1) is 23.3. The van der Waals surface area contributed by atoms with Gasteiger partial charge in [-0.25, -0.2) is 0 Å². The van der Waals surface area contributed by atoms with Crippen LogP contribution in [-0.4, -0.2) is 47.8 Å². The van der Waals surface area contributed by atoms with E-state index in [2.05, 4.69) is 27.8 Å². The Balaban J connectivity index is 2.82. The highest BCUT2D eigenvalue weighted by Gasteiger charge is 2.50. The molecule has 0 aromatic carbocycles. The summed E-state index contributed by atoms with van der Waals surface area (Å²) >= 11 is 0. The summed E-state index contributed by atoms with van der Waals surface area (Å²) in [4.78, 5) is 48.3. The normalized spacial score (nSPS) is 16.4. The zero-order valence-electron chi connectivity index (χ0n) is 16.8. The molecule has 0 saturated heterocycles. The van der Waals surface area contributed by atoms with E-state index >= 15 is 0 Å². The van der Waals surface area contributed by atoms with Crippen molar-refractivity contribution in [3.63, 3.8) is 0 Å². The van der Waals surface area contributed by atoms with Gasteiger partial charge in [0.15, 0.2) is 0 Å². The molecule has 10 heteroatoms. The van der Waals surface area contributed by atoms with Crippen LogP contribution in [-0.2, 0) is 19.2 Å². The Kier molecular flexibility index (Phi) is 8.27. The van der Waals surface area contributed by atoms with E-state index in [9.17, 15) is 19.2 Å². The summed E-state index contributed by atoms with van der Waals surface area (Å²) in [5.41, 5.74) is 9.78. The minimum Gasteiger partial charge on any atom is -0.386 e. The monoisotopic (exact) mass is 396 g/mol. The summed E-state index contributed by atoms with van der Waals surface area (Å²) in [7, 11) is 0. The van der Waals surface area contributed by atoms with Crippen LogP contribution >= 0.6 is 0 Å². The van der Waals surface area contributed by atoms with Crippen molar-refractivity contribution >= 4 is 23.6 Å². The lowest BCUT2D eigenvalue weighted by atomic mass is 10.0. The molecule has 28 heavy (non-hydrogen) atoms. The molecular formula is C18H32N6O4. The maximum absolute atomic E-state index is 12.7. The van der Waals surface area contributed by atoms with Crippen LogP contribution in [0.2, 0.25) is 0 Å². The minimum atomic E-state index is -1.03. The molecule has 1 fully saturated rings. The van der Waals surface area contributed by atoms with Gasteiger partial charge in [-0.2, -0.15) is 0 Å². The predicted molar refractivity (Wildman–Crippen MR) is 104 cm³/mol. The molecule has 158 valence electrons. The number of carbonyl (C=O) groups excluding carboxylic acids is 4. The Labute approximate surface area is 165 Å². The van der Waals surface area contributed by atoms with E-state index in [0.717, 1.165) is 0 Å². The summed E-state index contributed by atoms with van der Waals surface area (Å²) in [6, 6.07) is -1.66. The first-order chi connectivity index (χ1) is 13.0. The summed E-state index contributed by atoms with van der Waals surface area (Å²) in [5.74, 6) is -1.75. The molecule has 0 aliphatic heterocycles. The predicted octanol–water partition coefficient (Wildman–Crippen LogP) is -1.43. The van der Waals surface area contributed by atoms with E-state index in [0.29, 0.717) is 38.0 Å². The van der Waals surface area contributed by atoms with Gasteiger partial charge >= 0.3 is 0 Å². The van der Waals surface area contributed by atoms with Crippen LogP contribution in [0.15, 0.2) is 12.4 Å². The van der Waals surface area contributed by atoms with Gasteiger partial charge in [0.2, 0.25) is 23.6 Å². The number of amides is 4. The van der Waals surface area contributed by atoms with Crippen molar-refractivity contribution in [1.29, 1.82) is 0 Å². The van der Waals surface area contributed by atoms with Crippen LogP contribution in [0.1, 0.15) is 46.5 Å². The topological polar surface area (TPSA) is 168 Å². The fourth-order valence-electron chi connectivity index (χ4n) is 2.72. The van der Waals surface area contributed by atoms with Gasteiger partial charge in [-0.1, -0.05) is 20.4 Å². The van der Waals surface area contributed by atoms with Crippen molar-refractivity contribution in [2.75, 3.05) is 6.54 Å². The Morgan fingerprint density at radius 2 is 1.68 bits per heavy atom. The molecule has 1 aliphatic carbocycles. The zero-order valence-corrected chi connectivity index (χ0v) is 16.8. The molecule has 0 bridgehead atoms. The van der Waals surface area contributed by atoms with Gasteiger partial charge in [0.25, 0.3) is 0 Å². The second-order valence-electron chi connectivity index (χ2n) is 7.51. The fourth-order valence-corrected chi connectivity index (χ4v) is 2.72. The SMILES string of the molecule is C=C(N)NCCC[C@H](NC(=O)[C@@H](NC(C)=O)C(C)C)C(=O)NC1(C(N)=O)CC1. The van der Waals surface area contributed by atoms with Gasteiger partial charge < -0.3 is 32.7 Å². The fraction of sp³-hybridized carbons (Fsp3) is 0.667. The van der Waals surface area contributed by atoms with Crippen LogP contribution < -0.4 is 32.7 Å². The number of hydrogen-bond donors (Lipinski definition) is 6. The molecule has 0 heterocycles. The van der Waals surface area contributed by atoms with Crippen molar-refractivity contribution in [3.05, 3.63) is 12.4 Å². The van der Waals surface area contributed by atoms with Crippen molar-refractivity contribution in [3.8, 4) is 0 Å². The van der Waals surface area contributed by atoms with E-state index in [1.54, 1.807) is 13.8 Å². The summed E-state index contributed by atoms with van der Waals surface area (Å²) in [6.07, 6.45) is 1.77. The molecule has 10 nitrogen and oxygen atoms in total.